The van der Waals surface area contributed by atoms with Gasteiger partial charge in [-0.3, -0.25) is 4.98 Å². The Bertz CT molecular complexity index is 545. The number of hydrogen-bond acceptors (Lipinski definition) is 2. The first-order chi connectivity index (χ1) is 9.70. The van der Waals surface area contributed by atoms with Crippen LogP contribution in [-0.4, -0.2) is 11.5 Å². The number of nitrogens with one attached hydrogen (secondary N) is 1. The van der Waals surface area contributed by atoms with E-state index in [1.165, 1.54) is 11.6 Å². The van der Waals surface area contributed by atoms with Crippen molar-refractivity contribution in [2.75, 3.05) is 6.54 Å². The van der Waals surface area contributed by atoms with Crippen molar-refractivity contribution in [3.63, 3.8) is 0 Å². The number of benzene rings is 1. The summed E-state index contributed by atoms with van der Waals surface area (Å²) in [6, 6.07) is 9.11. The molecule has 1 aromatic carbocycles. The number of aryl methyl sites for hydroxylation is 1. The van der Waals surface area contributed by atoms with E-state index in [0.717, 1.165) is 29.4 Å². The van der Waals surface area contributed by atoms with Crippen molar-refractivity contribution in [2.24, 2.45) is 0 Å². The Labute approximate surface area is 127 Å². The molecule has 1 aromatic heterocycles. The van der Waals surface area contributed by atoms with Crippen LogP contribution in [0, 0.1) is 5.82 Å². The summed E-state index contributed by atoms with van der Waals surface area (Å²) in [5, 5.41) is 3.36. The number of nitrogens with zero attached hydrogens (tertiary/aromatic N) is 1. The summed E-state index contributed by atoms with van der Waals surface area (Å²) in [6.45, 7) is 2.85. The highest BCUT2D eigenvalue weighted by molar-refractivity contribution is 9.10. The Morgan fingerprint density at radius 3 is 2.70 bits per heavy atom. The van der Waals surface area contributed by atoms with E-state index in [4.69, 9.17) is 0 Å². The van der Waals surface area contributed by atoms with Gasteiger partial charge in [-0.05, 0) is 55.3 Å². The van der Waals surface area contributed by atoms with Crippen LogP contribution in [-0.2, 0) is 6.42 Å². The lowest BCUT2D eigenvalue weighted by Gasteiger charge is -2.19. The third kappa shape index (κ3) is 4.12. The van der Waals surface area contributed by atoms with E-state index >= 15 is 0 Å². The molecule has 0 fully saturated rings. The fourth-order valence-electron chi connectivity index (χ4n) is 2.26. The summed E-state index contributed by atoms with van der Waals surface area (Å²) in [5.41, 5.74) is 1.94. The van der Waals surface area contributed by atoms with Crippen LogP contribution >= 0.6 is 15.9 Å². The number of aromatic nitrogens is 1. The molecule has 0 aliphatic rings. The van der Waals surface area contributed by atoms with Gasteiger partial charge in [0.05, 0.1) is 0 Å². The summed E-state index contributed by atoms with van der Waals surface area (Å²) in [6.07, 6.45) is 5.33. The molecule has 106 valence electrons. The minimum atomic E-state index is -0.158. The molecule has 1 atom stereocenters. The first kappa shape index (κ1) is 15.1. The average molecular weight is 337 g/mol. The molecule has 1 heterocycles. The van der Waals surface area contributed by atoms with Crippen LogP contribution in [0.15, 0.2) is 47.2 Å². The van der Waals surface area contributed by atoms with Gasteiger partial charge >= 0.3 is 0 Å². The van der Waals surface area contributed by atoms with Gasteiger partial charge in [0.1, 0.15) is 5.82 Å². The fraction of sp³-hybridized carbons (Fsp3) is 0.312. The normalized spacial score (nSPS) is 12.3. The molecule has 0 radical (unpaired) electrons. The molecule has 0 bridgehead atoms. The summed E-state index contributed by atoms with van der Waals surface area (Å²) < 4.78 is 14.9. The van der Waals surface area contributed by atoms with Crippen molar-refractivity contribution in [1.29, 1.82) is 0 Å². The van der Waals surface area contributed by atoms with Crippen molar-refractivity contribution < 1.29 is 4.39 Å². The maximum Gasteiger partial charge on any atom is 0.128 e. The molecule has 2 nitrogen and oxygen atoms in total. The van der Waals surface area contributed by atoms with E-state index in [1.54, 1.807) is 18.5 Å². The van der Waals surface area contributed by atoms with E-state index < -0.39 is 0 Å². The predicted molar refractivity (Wildman–Crippen MR) is 83.1 cm³/mol. The first-order valence-electron chi connectivity index (χ1n) is 6.78. The Morgan fingerprint density at radius 1 is 1.25 bits per heavy atom. The Morgan fingerprint density at radius 2 is 2.00 bits per heavy atom. The van der Waals surface area contributed by atoms with E-state index in [9.17, 15) is 4.39 Å². The second kappa shape index (κ2) is 7.50. The Kier molecular flexibility index (Phi) is 5.68. The monoisotopic (exact) mass is 336 g/mol. The molecule has 1 N–H and O–H groups in total. The fourth-order valence-corrected chi connectivity index (χ4v) is 2.63. The van der Waals surface area contributed by atoms with Gasteiger partial charge in [0, 0.05) is 28.5 Å². The molecule has 0 amide bonds. The summed E-state index contributed by atoms with van der Waals surface area (Å²) >= 11 is 3.41. The zero-order chi connectivity index (χ0) is 14.4. The topological polar surface area (TPSA) is 24.9 Å². The minimum absolute atomic E-state index is 0.0191. The van der Waals surface area contributed by atoms with Gasteiger partial charge in [-0.2, -0.15) is 0 Å². The van der Waals surface area contributed by atoms with Crippen molar-refractivity contribution in [2.45, 2.75) is 25.8 Å². The first-order valence-corrected chi connectivity index (χ1v) is 7.57. The summed E-state index contributed by atoms with van der Waals surface area (Å²) in [4.78, 5) is 4.01. The van der Waals surface area contributed by atoms with E-state index in [2.05, 4.69) is 26.2 Å². The second-order valence-electron chi connectivity index (χ2n) is 4.67. The number of hydrogen-bond donors (Lipinski definition) is 1. The van der Waals surface area contributed by atoms with Gasteiger partial charge in [0.15, 0.2) is 0 Å². The largest absolute Gasteiger partial charge is 0.310 e. The SMILES string of the molecule is CCNC(CCc1ccncc1)c1cc(Br)ccc1F. The van der Waals surface area contributed by atoms with E-state index in [1.807, 2.05) is 25.1 Å². The van der Waals surface area contributed by atoms with Crippen LogP contribution in [0.2, 0.25) is 0 Å². The number of pyridine rings is 1. The van der Waals surface area contributed by atoms with Crippen LogP contribution in [0.25, 0.3) is 0 Å². The molecule has 0 saturated carbocycles. The van der Waals surface area contributed by atoms with E-state index in [0.29, 0.717) is 0 Å². The Balaban J connectivity index is 2.12. The van der Waals surface area contributed by atoms with Crippen LogP contribution in [0.5, 0.6) is 0 Å². The van der Waals surface area contributed by atoms with Gasteiger partial charge in [-0.25, -0.2) is 4.39 Å². The van der Waals surface area contributed by atoms with Crippen LogP contribution in [0.1, 0.15) is 30.5 Å². The zero-order valence-electron chi connectivity index (χ0n) is 11.4. The molecule has 4 heteroatoms. The quantitative estimate of drug-likeness (QED) is 0.852. The smallest absolute Gasteiger partial charge is 0.128 e. The molecule has 20 heavy (non-hydrogen) atoms. The molecular weight excluding hydrogens is 319 g/mol. The van der Waals surface area contributed by atoms with Gasteiger partial charge in [0.25, 0.3) is 0 Å². The molecule has 0 spiro atoms. The van der Waals surface area contributed by atoms with Gasteiger partial charge in [0.2, 0.25) is 0 Å². The van der Waals surface area contributed by atoms with Gasteiger partial charge < -0.3 is 5.32 Å². The lowest BCUT2D eigenvalue weighted by Crippen LogP contribution is -2.22. The van der Waals surface area contributed by atoms with Crippen molar-refractivity contribution >= 4 is 15.9 Å². The predicted octanol–water partition coefficient (Wildman–Crippen LogP) is 4.27. The summed E-state index contributed by atoms with van der Waals surface area (Å²) in [7, 11) is 0. The molecule has 1 unspecified atom stereocenters. The molecule has 2 rings (SSSR count). The lowest BCUT2D eigenvalue weighted by molar-refractivity contribution is 0.485. The maximum absolute atomic E-state index is 14.0. The molecular formula is C16H18BrFN2. The van der Waals surface area contributed by atoms with Crippen LogP contribution < -0.4 is 5.32 Å². The minimum Gasteiger partial charge on any atom is -0.310 e. The lowest BCUT2D eigenvalue weighted by atomic mass is 9.99. The number of halogens is 2. The van der Waals surface area contributed by atoms with Crippen molar-refractivity contribution in [3.05, 3.63) is 64.1 Å². The van der Waals surface area contributed by atoms with E-state index in [-0.39, 0.29) is 11.9 Å². The molecule has 0 aliphatic carbocycles. The van der Waals surface area contributed by atoms with Gasteiger partial charge in [-0.15, -0.1) is 0 Å². The average Bonchev–Trinajstić information content (AvgIpc) is 2.47. The molecule has 0 aliphatic heterocycles. The standard InChI is InChI=1S/C16H18BrFN2/c1-2-20-16(6-3-12-7-9-19-10-8-12)14-11-13(17)4-5-15(14)18/h4-5,7-11,16,20H,2-3,6H2,1H3. The highest BCUT2D eigenvalue weighted by Crippen LogP contribution is 2.25. The van der Waals surface area contributed by atoms with Crippen molar-refractivity contribution in [3.8, 4) is 0 Å². The highest BCUT2D eigenvalue weighted by Gasteiger charge is 2.15. The highest BCUT2D eigenvalue weighted by atomic mass is 79.9. The second-order valence-corrected chi connectivity index (χ2v) is 5.59. The zero-order valence-corrected chi connectivity index (χ0v) is 13.0. The maximum atomic E-state index is 14.0. The summed E-state index contributed by atoms with van der Waals surface area (Å²) in [5.74, 6) is -0.158. The third-order valence-electron chi connectivity index (χ3n) is 3.26. The molecule has 0 saturated heterocycles. The molecule has 2 aromatic rings. The van der Waals surface area contributed by atoms with Crippen molar-refractivity contribution in [1.82, 2.24) is 10.3 Å². The van der Waals surface area contributed by atoms with Crippen LogP contribution in [0.4, 0.5) is 4.39 Å². The Hall–Kier alpha value is -1.26. The van der Waals surface area contributed by atoms with Gasteiger partial charge in [-0.1, -0.05) is 22.9 Å². The number of rotatable bonds is 6. The third-order valence-corrected chi connectivity index (χ3v) is 3.75. The van der Waals surface area contributed by atoms with Crippen LogP contribution in [0.3, 0.4) is 0 Å².